The van der Waals surface area contributed by atoms with Crippen molar-refractivity contribution in [2.45, 2.75) is 18.9 Å². The van der Waals surface area contributed by atoms with E-state index in [4.69, 9.17) is 15.7 Å². The zero-order valence-corrected chi connectivity index (χ0v) is 10.5. The molecule has 1 aliphatic rings. The Morgan fingerprint density at radius 2 is 1.95 bits per heavy atom. The van der Waals surface area contributed by atoms with Crippen LogP contribution in [0.3, 0.4) is 0 Å². The van der Waals surface area contributed by atoms with Crippen LogP contribution in [0.25, 0.3) is 10.8 Å². The van der Waals surface area contributed by atoms with Crippen LogP contribution in [0.4, 0.5) is 0 Å². The van der Waals surface area contributed by atoms with Gasteiger partial charge in [-0.15, -0.1) is 0 Å². The Balaban J connectivity index is 1.94. The third-order valence-corrected chi connectivity index (χ3v) is 3.50. The number of allylic oxidation sites excluding steroid dienone is 1. The van der Waals surface area contributed by atoms with Gasteiger partial charge >= 0.3 is 0 Å². The number of nitrogens with zero attached hydrogens (tertiary/aromatic N) is 1. The van der Waals surface area contributed by atoms with Crippen molar-refractivity contribution < 1.29 is 4.74 Å². The van der Waals surface area contributed by atoms with E-state index in [0.717, 1.165) is 12.0 Å². The van der Waals surface area contributed by atoms with Gasteiger partial charge < -0.3 is 10.5 Å². The Morgan fingerprint density at radius 3 is 2.68 bits per heavy atom. The summed E-state index contributed by atoms with van der Waals surface area (Å²) in [4.78, 5) is 0. The van der Waals surface area contributed by atoms with Crippen LogP contribution in [0.15, 0.2) is 53.9 Å². The number of hydrogen-bond donors (Lipinski definition) is 1. The standard InChI is InChI=1S/C16H14N2O/c17-10-14-7-8-15(19-16(14)18)13-6-5-11-3-1-2-4-12(11)9-13/h1-6,9,15H,7-8,18H2/t15-/m0/s1. The monoisotopic (exact) mass is 250 g/mol. The van der Waals surface area contributed by atoms with Gasteiger partial charge in [-0.1, -0.05) is 36.4 Å². The number of fused-ring (bicyclic) bond motifs is 1. The van der Waals surface area contributed by atoms with E-state index >= 15 is 0 Å². The first-order valence-electron chi connectivity index (χ1n) is 6.32. The second-order valence-corrected chi connectivity index (χ2v) is 4.71. The highest BCUT2D eigenvalue weighted by atomic mass is 16.5. The highest BCUT2D eigenvalue weighted by Crippen LogP contribution is 2.33. The first-order chi connectivity index (χ1) is 9.28. The molecule has 0 aromatic heterocycles. The van der Waals surface area contributed by atoms with Crippen molar-refractivity contribution in [2.24, 2.45) is 5.73 Å². The van der Waals surface area contributed by atoms with Crippen molar-refractivity contribution in [3.8, 4) is 6.07 Å². The Morgan fingerprint density at radius 1 is 1.16 bits per heavy atom. The molecular weight excluding hydrogens is 236 g/mol. The van der Waals surface area contributed by atoms with Crippen LogP contribution < -0.4 is 5.73 Å². The fraction of sp³-hybridized carbons (Fsp3) is 0.188. The normalized spacial score (nSPS) is 19.0. The van der Waals surface area contributed by atoms with Crippen molar-refractivity contribution in [2.75, 3.05) is 0 Å². The minimum absolute atomic E-state index is 0.0540. The van der Waals surface area contributed by atoms with Gasteiger partial charge in [0.1, 0.15) is 12.2 Å². The lowest BCUT2D eigenvalue weighted by molar-refractivity contribution is 0.0908. The van der Waals surface area contributed by atoms with Crippen LogP contribution in [0, 0.1) is 11.3 Å². The molecule has 0 radical (unpaired) electrons. The second-order valence-electron chi connectivity index (χ2n) is 4.71. The molecule has 3 heteroatoms. The van der Waals surface area contributed by atoms with Crippen molar-refractivity contribution in [1.82, 2.24) is 0 Å². The Labute approximate surface area is 111 Å². The maximum absolute atomic E-state index is 8.89. The van der Waals surface area contributed by atoms with Crippen LogP contribution in [-0.2, 0) is 4.74 Å². The smallest absolute Gasteiger partial charge is 0.198 e. The fourth-order valence-electron chi connectivity index (χ4n) is 2.44. The third-order valence-electron chi connectivity index (χ3n) is 3.50. The molecule has 3 rings (SSSR count). The predicted molar refractivity (Wildman–Crippen MR) is 73.8 cm³/mol. The first-order valence-corrected chi connectivity index (χ1v) is 6.32. The predicted octanol–water partition coefficient (Wildman–Crippen LogP) is 3.39. The number of ether oxygens (including phenoxy) is 1. The highest BCUT2D eigenvalue weighted by molar-refractivity contribution is 5.83. The summed E-state index contributed by atoms with van der Waals surface area (Å²) < 4.78 is 5.66. The zero-order valence-electron chi connectivity index (χ0n) is 10.5. The second kappa shape index (κ2) is 4.66. The maximum Gasteiger partial charge on any atom is 0.198 e. The molecule has 0 amide bonds. The highest BCUT2D eigenvalue weighted by Gasteiger charge is 2.22. The van der Waals surface area contributed by atoms with E-state index in [9.17, 15) is 0 Å². The Kier molecular flexibility index (Phi) is 2.85. The molecule has 2 aromatic rings. The van der Waals surface area contributed by atoms with E-state index in [1.807, 2.05) is 12.1 Å². The molecule has 0 saturated heterocycles. The van der Waals surface area contributed by atoms with Crippen molar-refractivity contribution >= 4 is 10.8 Å². The lowest BCUT2D eigenvalue weighted by atomic mass is 9.97. The molecule has 1 heterocycles. The van der Waals surface area contributed by atoms with Gasteiger partial charge in [0, 0.05) is 0 Å². The summed E-state index contributed by atoms with van der Waals surface area (Å²) in [6.07, 6.45) is 1.42. The van der Waals surface area contributed by atoms with Crippen molar-refractivity contribution in [3.05, 3.63) is 59.5 Å². The van der Waals surface area contributed by atoms with Gasteiger partial charge in [0.15, 0.2) is 5.88 Å². The minimum Gasteiger partial charge on any atom is -0.470 e. The van der Waals surface area contributed by atoms with Gasteiger partial charge in [0.2, 0.25) is 0 Å². The largest absolute Gasteiger partial charge is 0.470 e. The summed E-state index contributed by atoms with van der Waals surface area (Å²) in [7, 11) is 0. The lowest BCUT2D eigenvalue weighted by Crippen LogP contribution is -2.17. The number of benzene rings is 2. The molecule has 3 nitrogen and oxygen atoms in total. The summed E-state index contributed by atoms with van der Waals surface area (Å²) in [5.41, 5.74) is 7.43. The molecule has 2 N–H and O–H groups in total. The van der Waals surface area contributed by atoms with Gasteiger partial charge in [-0.3, -0.25) is 0 Å². The molecule has 1 aliphatic heterocycles. The molecule has 0 fully saturated rings. The van der Waals surface area contributed by atoms with Gasteiger partial charge in [0.05, 0.1) is 5.57 Å². The topological polar surface area (TPSA) is 59.0 Å². The molecule has 0 spiro atoms. The van der Waals surface area contributed by atoms with Crippen LogP contribution in [0.5, 0.6) is 0 Å². The van der Waals surface area contributed by atoms with Crippen LogP contribution >= 0.6 is 0 Å². The minimum atomic E-state index is -0.0540. The maximum atomic E-state index is 8.89. The van der Waals surface area contributed by atoms with Gasteiger partial charge in [-0.05, 0) is 35.2 Å². The van der Waals surface area contributed by atoms with Crippen molar-refractivity contribution in [1.29, 1.82) is 5.26 Å². The van der Waals surface area contributed by atoms with E-state index in [0.29, 0.717) is 12.0 Å². The lowest BCUT2D eigenvalue weighted by Gasteiger charge is -2.24. The Bertz CT molecular complexity index is 697. The fourth-order valence-corrected chi connectivity index (χ4v) is 2.44. The summed E-state index contributed by atoms with van der Waals surface area (Å²) in [5, 5.41) is 11.3. The molecule has 0 unspecified atom stereocenters. The van der Waals surface area contributed by atoms with Crippen LogP contribution in [0.1, 0.15) is 24.5 Å². The molecular formula is C16H14N2O. The zero-order chi connectivity index (χ0) is 13.2. The average molecular weight is 250 g/mol. The molecule has 94 valence electrons. The summed E-state index contributed by atoms with van der Waals surface area (Å²) >= 11 is 0. The number of rotatable bonds is 1. The van der Waals surface area contributed by atoms with E-state index < -0.39 is 0 Å². The van der Waals surface area contributed by atoms with E-state index in [1.165, 1.54) is 10.8 Å². The van der Waals surface area contributed by atoms with E-state index in [2.05, 4.69) is 36.4 Å². The molecule has 0 bridgehead atoms. The SMILES string of the molecule is N#CC1=C(N)O[C@H](c2ccc3ccccc3c2)CC1. The molecule has 0 saturated carbocycles. The van der Waals surface area contributed by atoms with Gasteiger partial charge in [-0.2, -0.15) is 5.26 Å². The first kappa shape index (κ1) is 11.6. The van der Waals surface area contributed by atoms with Crippen molar-refractivity contribution in [3.63, 3.8) is 0 Å². The number of nitrogens with two attached hydrogens (primary N) is 1. The molecule has 1 atom stereocenters. The van der Waals surface area contributed by atoms with E-state index in [-0.39, 0.29) is 12.0 Å². The number of hydrogen-bond acceptors (Lipinski definition) is 3. The molecule has 19 heavy (non-hydrogen) atoms. The van der Waals surface area contributed by atoms with E-state index in [1.54, 1.807) is 0 Å². The van der Waals surface area contributed by atoms with Gasteiger partial charge in [-0.25, -0.2) is 0 Å². The molecule has 2 aromatic carbocycles. The summed E-state index contributed by atoms with van der Waals surface area (Å²) in [6, 6.07) is 16.6. The molecule has 0 aliphatic carbocycles. The average Bonchev–Trinajstić information content (AvgIpc) is 2.46. The van der Waals surface area contributed by atoms with Crippen LogP contribution in [-0.4, -0.2) is 0 Å². The summed E-state index contributed by atoms with van der Waals surface area (Å²) in [6.45, 7) is 0. The quantitative estimate of drug-likeness (QED) is 0.844. The van der Waals surface area contributed by atoms with Gasteiger partial charge in [0.25, 0.3) is 0 Å². The summed E-state index contributed by atoms with van der Waals surface area (Å²) in [5.74, 6) is 0.270. The number of nitriles is 1. The third kappa shape index (κ3) is 2.13. The van der Waals surface area contributed by atoms with Crippen LogP contribution in [0.2, 0.25) is 0 Å². The Hall–Kier alpha value is -2.47.